The zero-order chi connectivity index (χ0) is 18.4. The fourth-order valence-corrected chi connectivity index (χ4v) is 2.63. The lowest BCUT2D eigenvalue weighted by atomic mass is 9.85. The van der Waals surface area contributed by atoms with Gasteiger partial charge in [0.2, 0.25) is 0 Å². The number of benzene rings is 1. The van der Waals surface area contributed by atoms with Crippen molar-refractivity contribution in [3.05, 3.63) is 29.8 Å². The molecule has 2 unspecified atom stereocenters. The Morgan fingerprint density at radius 1 is 1.38 bits per heavy atom. The summed E-state index contributed by atoms with van der Waals surface area (Å²) in [6.45, 7) is 3.47. The summed E-state index contributed by atoms with van der Waals surface area (Å²) in [5.74, 6) is -1.10. The molecule has 0 bridgehead atoms. The molecule has 4 nitrogen and oxygen atoms in total. The van der Waals surface area contributed by atoms with Crippen molar-refractivity contribution in [1.82, 2.24) is 0 Å². The van der Waals surface area contributed by atoms with E-state index >= 15 is 0 Å². The normalized spacial score (nSPS) is 15.6. The Labute approximate surface area is 139 Å². The number of hydrogen-bond donors (Lipinski definition) is 2. The smallest absolute Gasteiger partial charge is 0.480 e. The second-order valence-corrected chi connectivity index (χ2v) is 6.29. The Balaban J connectivity index is 2.54. The number of aliphatic carboxylic acids is 1. The monoisotopic (exact) mass is 347 g/mol. The molecule has 0 aliphatic carbocycles. The lowest BCUT2D eigenvalue weighted by molar-refractivity contribution is -0.274. The molecule has 0 fully saturated rings. The van der Waals surface area contributed by atoms with Gasteiger partial charge in [-0.25, -0.2) is 0 Å². The fraction of sp³-hybridized carbons (Fsp3) is 0.588. The first-order valence-corrected chi connectivity index (χ1v) is 7.90. The Hall–Kier alpha value is -1.76. The first-order chi connectivity index (χ1) is 11.0. The molecule has 2 atom stereocenters. The van der Waals surface area contributed by atoms with Crippen LogP contribution in [0.4, 0.5) is 13.2 Å². The Kier molecular flexibility index (Phi) is 7.08. The van der Waals surface area contributed by atoms with Gasteiger partial charge in [-0.05, 0) is 49.8 Å². The van der Waals surface area contributed by atoms with Gasteiger partial charge in [0.25, 0.3) is 0 Å². The molecule has 0 aromatic heterocycles. The van der Waals surface area contributed by atoms with Crippen molar-refractivity contribution < 1.29 is 27.8 Å². The molecule has 0 saturated carbocycles. The van der Waals surface area contributed by atoms with E-state index in [0.717, 1.165) is 24.8 Å². The molecule has 24 heavy (non-hydrogen) atoms. The topological polar surface area (TPSA) is 72.5 Å². The van der Waals surface area contributed by atoms with E-state index in [9.17, 15) is 18.0 Å². The van der Waals surface area contributed by atoms with Gasteiger partial charge in [-0.1, -0.05) is 31.9 Å². The average molecular weight is 347 g/mol. The van der Waals surface area contributed by atoms with E-state index in [1.807, 2.05) is 6.92 Å². The minimum absolute atomic E-state index is 0.158. The molecular weight excluding hydrogens is 323 g/mol. The molecule has 0 amide bonds. The third-order valence-corrected chi connectivity index (χ3v) is 3.99. The molecular formula is C17H24F3NO3. The maximum Gasteiger partial charge on any atom is 0.573 e. The minimum atomic E-state index is -4.70. The standard InChI is InChI=1S/C17H24F3NO3/c1-3-12(11-16(2,21)15(22)23)6-4-7-13-8-5-9-14(10-13)24-17(18,19)20/h5,8-10,12H,3-4,6-7,11,21H2,1-2H3,(H,22,23). The van der Waals surface area contributed by atoms with E-state index in [1.54, 1.807) is 6.07 Å². The van der Waals surface area contributed by atoms with Crippen LogP contribution >= 0.6 is 0 Å². The van der Waals surface area contributed by atoms with Crippen LogP contribution in [0.1, 0.15) is 45.1 Å². The highest BCUT2D eigenvalue weighted by Crippen LogP contribution is 2.26. The summed E-state index contributed by atoms with van der Waals surface area (Å²) in [4.78, 5) is 11.1. The lowest BCUT2D eigenvalue weighted by Crippen LogP contribution is -2.46. The summed E-state index contributed by atoms with van der Waals surface area (Å²) in [6, 6.07) is 5.90. The minimum Gasteiger partial charge on any atom is -0.480 e. The zero-order valence-electron chi connectivity index (χ0n) is 13.9. The lowest BCUT2D eigenvalue weighted by Gasteiger charge is -2.25. The van der Waals surface area contributed by atoms with Crippen molar-refractivity contribution in [2.45, 2.75) is 57.9 Å². The van der Waals surface area contributed by atoms with Crippen LogP contribution in [0, 0.1) is 5.92 Å². The predicted octanol–water partition coefficient (Wildman–Crippen LogP) is 4.13. The highest BCUT2D eigenvalue weighted by Gasteiger charge is 2.31. The van der Waals surface area contributed by atoms with Crippen molar-refractivity contribution in [2.75, 3.05) is 0 Å². The van der Waals surface area contributed by atoms with Gasteiger partial charge in [0.15, 0.2) is 0 Å². The van der Waals surface area contributed by atoms with Crippen LogP contribution in [-0.2, 0) is 11.2 Å². The number of aryl methyl sites for hydroxylation is 1. The van der Waals surface area contributed by atoms with Crippen molar-refractivity contribution in [2.24, 2.45) is 11.7 Å². The van der Waals surface area contributed by atoms with Gasteiger partial charge >= 0.3 is 12.3 Å². The number of nitrogens with two attached hydrogens (primary N) is 1. The second kappa shape index (κ2) is 8.37. The van der Waals surface area contributed by atoms with Gasteiger partial charge in [0.05, 0.1) is 0 Å². The molecule has 7 heteroatoms. The number of carbonyl (C=O) groups is 1. The molecule has 0 heterocycles. The maximum absolute atomic E-state index is 12.2. The Bertz CT molecular complexity index is 544. The van der Waals surface area contributed by atoms with Gasteiger partial charge < -0.3 is 15.6 Å². The average Bonchev–Trinajstić information content (AvgIpc) is 2.44. The summed E-state index contributed by atoms with van der Waals surface area (Å²) in [5.41, 5.74) is 5.26. The second-order valence-electron chi connectivity index (χ2n) is 6.29. The maximum atomic E-state index is 12.2. The third-order valence-electron chi connectivity index (χ3n) is 3.99. The molecule has 0 radical (unpaired) electrons. The molecule has 1 aromatic carbocycles. The first kappa shape index (κ1) is 20.3. The molecule has 0 saturated heterocycles. The predicted molar refractivity (Wildman–Crippen MR) is 84.7 cm³/mol. The number of alkyl halides is 3. The van der Waals surface area contributed by atoms with Crippen LogP contribution in [-0.4, -0.2) is 23.0 Å². The first-order valence-electron chi connectivity index (χ1n) is 7.90. The number of halogens is 3. The van der Waals surface area contributed by atoms with E-state index in [0.29, 0.717) is 12.8 Å². The van der Waals surface area contributed by atoms with E-state index in [1.165, 1.54) is 25.1 Å². The molecule has 0 aliphatic rings. The third kappa shape index (κ3) is 7.21. The molecule has 1 rings (SSSR count). The Morgan fingerprint density at radius 3 is 2.58 bits per heavy atom. The summed E-state index contributed by atoms with van der Waals surface area (Å²) in [6.07, 6.45) is -1.42. The molecule has 0 spiro atoms. The van der Waals surface area contributed by atoms with Gasteiger partial charge in [0, 0.05) is 0 Å². The number of carboxylic acid groups (broad SMARTS) is 1. The summed E-state index contributed by atoms with van der Waals surface area (Å²) in [7, 11) is 0. The molecule has 136 valence electrons. The van der Waals surface area contributed by atoms with E-state index < -0.39 is 17.9 Å². The highest BCUT2D eigenvalue weighted by atomic mass is 19.4. The molecule has 3 N–H and O–H groups in total. The Morgan fingerprint density at radius 2 is 2.04 bits per heavy atom. The fourth-order valence-electron chi connectivity index (χ4n) is 2.63. The van der Waals surface area contributed by atoms with Crippen LogP contribution in [0.25, 0.3) is 0 Å². The van der Waals surface area contributed by atoms with Crippen LogP contribution in [0.2, 0.25) is 0 Å². The van der Waals surface area contributed by atoms with Crippen LogP contribution < -0.4 is 10.5 Å². The number of hydrogen-bond acceptors (Lipinski definition) is 3. The highest BCUT2D eigenvalue weighted by molar-refractivity contribution is 5.77. The van der Waals surface area contributed by atoms with Crippen molar-refractivity contribution in [1.29, 1.82) is 0 Å². The van der Waals surface area contributed by atoms with E-state index in [2.05, 4.69) is 4.74 Å². The number of rotatable bonds is 9. The summed E-state index contributed by atoms with van der Waals surface area (Å²) < 4.78 is 40.6. The van der Waals surface area contributed by atoms with Gasteiger partial charge in [-0.15, -0.1) is 13.2 Å². The van der Waals surface area contributed by atoms with Crippen molar-refractivity contribution in [3.63, 3.8) is 0 Å². The van der Waals surface area contributed by atoms with E-state index in [-0.39, 0.29) is 11.7 Å². The number of ether oxygens (including phenoxy) is 1. The summed E-state index contributed by atoms with van der Waals surface area (Å²) >= 11 is 0. The zero-order valence-corrected chi connectivity index (χ0v) is 13.9. The largest absolute Gasteiger partial charge is 0.573 e. The van der Waals surface area contributed by atoms with Gasteiger partial charge in [-0.2, -0.15) is 0 Å². The van der Waals surface area contributed by atoms with Gasteiger partial charge in [-0.3, -0.25) is 4.79 Å². The van der Waals surface area contributed by atoms with Crippen LogP contribution in [0.3, 0.4) is 0 Å². The van der Waals surface area contributed by atoms with E-state index in [4.69, 9.17) is 10.8 Å². The molecule has 1 aromatic rings. The summed E-state index contributed by atoms with van der Waals surface area (Å²) in [5, 5.41) is 9.08. The van der Waals surface area contributed by atoms with Crippen molar-refractivity contribution >= 4 is 5.97 Å². The van der Waals surface area contributed by atoms with Crippen LogP contribution in [0.5, 0.6) is 5.75 Å². The quantitative estimate of drug-likeness (QED) is 0.705. The van der Waals surface area contributed by atoms with Gasteiger partial charge in [0.1, 0.15) is 11.3 Å². The molecule has 0 aliphatic heterocycles. The SMILES string of the molecule is CCC(CCCc1cccc(OC(F)(F)F)c1)CC(C)(N)C(=O)O. The van der Waals surface area contributed by atoms with Crippen molar-refractivity contribution in [3.8, 4) is 5.75 Å². The van der Waals surface area contributed by atoms with Crippen LogP contribution in [0.15, 0.2) is 24.3 Å². The number of carboxylic acids is 1.